The molecule has 1 aliphatic heterocycles. The second-order valence-electron chi connectivity index (χ2n) is 8.18. The lowest BCUT2D eigenvalue weighted by Gasteiger charge is -2.24. The zero-order valence-corrected chi connectivity index (χ0v) is 19.2. The maximum Gasteiger partial charge on any atom is 0.299 e. The summed E-state index contributed by atoms with van der Waals surface area (Å²) >= 11 is 3.48. The molecule has 0 bridgehead atoms. The van der Waals surface area contributed by atoms with Crippen LogP contribution in [0.2, 0.25) is 0 Å². The molecule has 1 atom stereocenters. The van der Waals surface area contributed by atoms with Gasteiger partial charge in [0.15, 0.2) is 0 Å². The quantitative estimate of drug-likeness (QED) is 0.220. The average Bonchev–Trinajstić information content (AvgIpc) is 2.91. The Hall–Kier alpha value is -1.16. The number of nitrogens with zero attached hydrogens (tertiary/aromatic N) is 1. The normalized spacial score (nSPS) is 14.6. The predicted molar refractivity (Wildman–Crippen MR) is 121 cm³/mol. The first-order valence-electron chi connectivity index (χ1n) is 11.2. The van der Waals surface area contributed by atoms with Crippen LogP contribution in [0.5, 0.6) is 0 Å². The van der Waals surface area contributed by atoms with Crippen molar-refractivity contribution in [2.24, 2.45) is 5.92 Å². The molecule has 0 fully saturated rings. The van der Waals surface area contributed by atoms with Crippen LogP contribution in [0.25, 0.3) is 0 Å². The number of rotatable bonds is 14. The molecule has 0 N–H and O–H groups in total. The first kappa shape index (κ1) is 23.1. The average molecular weight is 450 g/mol. The number of ketones is 1. The molecule has 0 radical (unpaired) electrons. The molecule has 0 saturated heterocycles. The predicted octanol–water partition coefficient (Wildman–Crippen LogP) is 7.32. The number of carbonyl (C=O) groups is 2. The van der Waals surface area contributed by atoms with Crippen LogP contribution in [0.15, 0.2) is 22.7 Å². The maximum atomic E-state index is 12.6. The van der Waals surface area contributed by atoms with E-state index in [0.29, 0.717) is 18.0 Å². The number of hydrogen-bond donors (Lipinski definition) is 0. The van der Waals surface area contributed by atoms with E-state index in [1.807, 2.05) is 12.1 Å². The van der Waals surface area contributed by atoms with Gasteiger partial charge in [0.05, 0.1) is 11.3 Å². The number of halogens is 1. The smallest absolute Gasteiger partial charge is 0.299 e. The first-order chi connectivity index (χ1) is 13.6. The molecule has 0 spiro atoms. The number of amides is 1. The van der Waals surface area contributed by atoms with Crippen molar-refractivity contribution in [3.8, 4) is 0 Å². The second kappa shape index (κ2) is 12.4. The molecular weight excluding hydrogens is 414 g/mol. The largest absolute Gasteiger partial charge is 0.304 e. The van der Waals surface area contributed by atoms with Gasteiger partial charge in [-0.25, -0.2) is 0 Å². The zero-order chi connectivity index (χ0) is 20.4. The fourth-order valence-corrected chi connectivity index (χ4v) is 4.46. The molecule has 2 rings (SSSR count). The van der Waals surface area contributed by atoms with Crippen LogP contribution >= 0.6 is 15.9 Å². The standard InChI is InChI=1S/C24H36BrNO2/c1-3-5-7-9-10-12-14-19(13-11-8-6-4-2)18-26-22-17-20(25)15-16-21(22)23(27)24(26)28/h15-17,19H,3-14,18H2,1-2H3. The molecule has 156 valence electrons. The third-order valence-electron chi connectivity index (χ3n) is 5.81. The molecule has 1 heterocycles. The van der Waals surface area contributed by atoms with Gasteiger partial charge in [0, 0.05) is 11.0 Å². The van der Waals surface area contributed by atoms with E-state index >= 15 is 0 Å². The lowest BCUT2D eigenvalue weighted by atomic mass is 9.93. The Morgan fingerprint density at radius 2 is 1.43 bits per heavy atom. The molecule has 1 aliphatic rings. The summed E-state index contributed by atoms with van der Waals surface area (Å²) in [5, 5.41) is 0. The Morgan fingerprint density at radius 1 is 0.857 bits per heavy atom. The number of anilines is 1. The summed E-state index contributed by atoms with van der Waals surface area (Å²) < 4.78 is 0.911. The van der Waals surface area contributed by atoms with Gasteiger partial charge in [0.25, 0.3) is 11.7 Å². The van der Waals surface area contributed by atoms with E-state index in [4.69, 9.17) is 0 Å². The fraction of sp³-hybridized carbons (Fsp3) is 0.667. The van der Waals surface area contributed by atoms with Gasteiger partial charge in [0.2, 0.25) is 0 Å². The molecule has 0 aliphatic carbocycles. The number of hydrogen-bond acceptors (Lipinski definition) is 2. The lowest BCUT2D eigenvalue weighted by molar-refractivity contribution is -0.114. The van der Waals surface area contributed by atoms with E-state index in [0.717, 1.165) is 23.0 Å². The van der Waals surface area contributed by atoms with Crippen LogP contribution in [-0.4, -0.2) is 18.2 Å². The Morgan fingerprint density at radius 3 is 2.07 bits per heavy atom. The summed E-state index contributed by atoms with van der Waals surface area (Å²) in [5.41, 5.74) is 1.34. The molecule has 1 unspecified atom stereocenters. The van der Waals surface area contributed by atoms with Crippen LogP contribution < -0.4 is 4.90 Å². The van der Waals surface area contributed by atoms with Crippen LogP contribution in [0.3, 0.4) is 0 Å². The van der Waals surface area contributed by atoms with Crippen molar-refractivity contribution >= 4 is 33.3 Å². The van der Waals surface area contributed by atoms with Crippen molar-refractivity contribution in [2.45, 2.75) is 90.9 Å². The number of carbonyl (C=O) groups excluding carboxylic acids is 2. The number of benzene rings is 1. The number of fused-ring (bicyclic) bond motifs is 1. The summed E-state index contributed by atoms with van der Waals surface area (Å²) in [7, 11) is 0. The van der Waals surface area contributed by atoms with Crippen LogP contribution in [0, 0.1) is 5.92 Å². The van der Waals surface area contributed by atoms with E-state index in [-0.39, 0.29) is 11.7 Å². The van der Waals surface area contributed by atoms with Gasteiger partial charge in [-0.15, -0.1) is 0 Å². The number of Topliss-reactive ketones (excluding diaryl/α,β-unsaturated/α-hetero) is 1. The van der Waals surface area contributed by atoms with Gasteiger partial charge >= 0.3 is 0 Å². The molecule has 1 aromatic carbocycles. The van der Waals surface area contributed by atoms with Crippen molar-refractivity contribution in [3.05, 3.63) is 28.2 Å². The van der Waals surface area contributed by atoms with E-state index < -0.39 is 0 Å². The van der Waals surface area contributed by atoms with E-state index in [1.54, 1.807) is 11.0 Å². The van der Waals surface area contributed by atoms with Gasteiger partial charge in [-0.2, -0.15) is 0 Å². The van der Waals surface area contributed by atoms with E-state index in [9.17, 15) is 9.59 Å². The topological polar surface area (TPSA) is 37.4 Å². The highest BCUT2D eigenvalue weighted by atomic mass is 79.9. The van der Waals surface area contributed by atoms with Gasteiger partial charge in [-0.3, -0.25) is 9.59 Å². The molecule has 3 nitrogen and oxygen atoms in total. The molecule has 28 heavy (non-hydrogen) atoms. The summed E-state index contributed by atoms with van der Waals surface area (Å²) in [6.07, 6.45) is 15.1. The van der Waals surface area contributed by atoms with Gasteiger partial charge in [0.1, 0.15) is 0 Å². The highest BCUT2D eigenvalue weighted by Crippen LogP contribution is 2.33. The van der Waals surface area contributed by atoms with E-state index in [2.05, 4.69) is 29.8 Å². The summed E-state index contributed by atoms with van der Waals surface area (Å²) in [6.45, 7) is 5.16. The Bertz CT molecular complexity index is 643. The minimum atomic E-state index is -0.355. The Labute approximate surface area is 179 Å². The zero-order valence-electron chi connectivity index (χ0n) is 17.6. The van der Waals surface area contributed by atoms with Crippen molar-refractivity contribution in [2.75, 3.05) is 11.4 Å². The van der Waals surface area contributed by atoms with Crippen molar-refractivity contribution in [1.29, 1.82) is 0 Å². The SMILES string of the molecule is CCCCCCCCC(CCCCCC)CN1C(=O)C(=O)c2ccc(Br)cc21. The highest BCUT2D eigenvalue weighted by molar-refractivity contribution is 9.10. The minimum Gasteiger partial charge on any atom is -0.304 e. The van der Waals surface area contributed by atoms with Crippen molar-refractivity contribution < 1.29 is 9.59 Å². The van der Waals surface area contributed by atoms with E-state index in [1.165, 1.54) is 64.2 Å². The second-order valence-corrected chi connectivity index (χ2v) is 9.09. The van der Waals surface area contributed by atoms with Crippen molar-refractivity contribution in [3.63, 3.8) is 0 Å². The monoisotopic (exact) mass is 449 g/mol. The molecule has 0 aromatic heterocycles. The Balaban J connectivity index is 1.97. The van der Waals surface area contributed by atoms with Crippen LogP contribution in [0.1, 0.15) is 101 Å². The minimum absolute atomic E-state index is 0.352. The molecule has 1 amide bonds. The third kappa shape index (κ3) is 6.72. The summed E-state index contributed by atoms with van der Waals surface area (Å²) in [4.78, 5) is 26.7. The van der Waals surface area contributed by atoms with Gasteiger partial charge in [-0.1, -0.05) is 94.0 Å². The van der Waals surface area contributed by atoms with Crippen LogP contribution in [0.4, 0.5) is 5.69 Å². The third-order valence-corrected chi connectivity index (χ3v) is 6.30. The van der Waals surface area contributed by atoms with Gasteiger partial charge in [-0.05, 0) is 37.0 Å². The lowest BCUT2D eigenvalue weighted by Crippen LogP contribution is -2.34. The molecule has 1 aromatic rings. The molecular formula is C24H36BrNO2. The van der Waals surface area contributed by atoms with Crippen LogP contribution in [-0.2, 0) is 4.79 Å². The molecule has 0 saturated carbocycles. The van der Waals surface area contributed by atoms with Crippen molar-refractivity contribution in [1.82, 2.24) is 0 Å². The summed E-state index contributed by atoms with van der Waals surface area (Å²) in [6, 6.07) is 5.52. The Kier molecular flexibility index (Phi) is 10.3. The highest BCUT2D eigenvalue weighted by Gasteiger charge is 2.36. The fourth-order valence-electron chi connectivity index (χ4n) is 4.11. The maximum absolute atomic E-state index is 12.6. The van der Waals surface area contributed by atoms with Gasteiger partial charge < -0.3 is 4.90 Å². The molecule has 4 heteroatoms. The summed E-state index contributed by atoms with van der Waals surface area (Å²) in [5.74, 6) is -0.230. The first-order valence-corrected chi connectivity index (χ1v) is 12.0. The number of unbranched alkanes of at least 4 members (excludes halogenated alkanes) is 8.